The summed E-state index contributed by atoms with van der Waals surface area (Å²) in [5.74, 6) is -0.606. The summed E-state index contributed by atoms with van der Waals surface area (Å²) in [5.41, 5.74) is 3.09. The maximum Gasteiger partial charge on any atom is 0.262 e. The molecule has 0 saturated carbocycles. The van der Waals surface area contributed by atoms with Gasteiger partial charge in [-0.05, 0) is 56.9 Å². The highest BCUT2D eigenvalue weighted by molar-refractivity contribution is 6.23. The van der Waals surface area contributed by atoms with Crippen LogP contribution in [0.4, 0.5) is 0 Å². The molecule has 3 heteroatoms. The lowest BCUT2D eigenvalue weighted by atomic mass is 9.95. The van der Waals surface area contributed by atoms with Gasteiger partial charge in [0, 0.05) is 5.56 Å². The summed E-state index contributed by atoms with van der Waals surface area (Å²) in [6.45, 7) is 2.20. The molecule has 0 atom stereocenters. The Kier molecular flexibility index (Phi) is 5.74. The molecule has 0 fully saturated rings. The number of hydrogen-bond donors (Lipinski definition) is 0. The number of imide groups is 1. The average molecular weight is 480 g/mol. The van der Waals surface area contributed by atoms with Gasteiger partial charge >= 0.3 is 0 Å². The molecular formula is C34H25NO2. The highest BCUT2D eigenvalue weighted by Gasteiger charge is 2.28. The first-order valence-corrected chi connectivity index (χ1v) is 12.4. The molecule has 0 aliphatic rings. The first-order valence-electron chi connectivity index (χ1n) is 12.4. The van der Waals surface area contributed by atoms with E-state index in [0.29, 0.717) is 11.1 Å². The van der Waals surface area contributed by atoms with Crippen LogP contribution in [0.1, 0.15) is 31.8 Å². The van der Waals surface area contributed by atoms with Crippen LogP contribution in [0.3, 0.4) is 0 Å². The van der Waals surface area contributed by atoms with E-state index in [2.05, 4.69) is 6.07 Å². The molecule has 3 nitrogen and oxygen atoms in total. The van der Waals surface area contributed by atoms with E-state index in [1.165, 1.54) is 4.90 Å². The van der Waals surface area contributed by atoms with Crippen molar-refractivity contribution in [2.45, 2.75) is 13.5 Å². The average Bonchev–Trinajstić information content (AvgIpc) is 2.94. The first kappa shape index (κ1) is 22.7. The molecule has 2 amide bonds. The number of fused-ring (bicyclic) bond motifs is 3. The van der Waals surface area contributed by atoms with Crippen molar-refractivity contribution in [3.8, 4) is 0 Å². The van der Waals surface area contributed by atoms with Crippen molar-refractivity contribution in [3.63, 3.8) is 0 Å². The number of hydrogen-bond acceptors (Lipinski definition) is 2. The second-order valence-corrected chi connectivity index (χ2v) is 9.40. The van der Waals surface area contributed by atoms with Gasteiger partial charge in [-0.1, -0.05) is 115 Å². The summed E-state index contributed by atoms with van der Waals surface area (Å²) in [6.07, 6.45) is 0. The smallest absolute Gasteiger partial charge is 0.262 e. The van der Waals surface area contributed by atoms with Crippen molar-refractivity contribution in [2.75, 3.05) is 0 Å². The zero-order valence-electron chi connectivity index (χ0n) is 20.5. The second kappa shape index (κ2) is 9.36. The standard InChI is InChI=1S/C34H25NO2/c1-23-17-19-24(20-18-23)22-35(33(36)31-16-8-12-25-9-2-5-13-28(25)31)34(37)32-29-14-6-3-10-26(29)21-27-11-4-7-15-30(27)32/h2-21H,22H2,1H3. The maximum absolute atomic E-state index is 14.5. The molecule has 0 N–H and O–H groups in total. The first-order chi connectivity index (χ1) is 18.1. The van der Waals surface area contributed by atoms with E-state index in [4.69, 9.17) is 0 Å². The molecular weight excluding hydrogens is 454 g/mol. The predicted molar refractivity (Wildman–Crippen MR) is 151 cm³/mol. The van der Waals surface area contributed by atoms with Crippen LogP contribution in [0, 0.1) is 6.92 Å². The van der Waals surface area contributed by atoms with E-state index in [9.17, 15) is 9.59 Å². The van der Waals surface area contributed by atoms with Crippen molar-refractivity contribution in [1.82, 2.24) is 4.90 Å². The highest BCUT2D eigenvalue weighted by atomic mass is 16.2. The number of benzene rings is 6. The second-order valence-electron chi connectivity index (χ2n) is 9.40. The molecule has 0 unspecified atom stereocenters. The third-order valence-corrected chi connectivity index (χ3v) is 6.96. The maximum atomic E-state index is 14.5. The molecule has 0 spiro atoms. The van der Waals surface area contributed by atoms with E-state index >= 15 is 0 Å². The molecule has 0 aromatic heterocycles. The Labute approximate surface area is 215 Å². The molecule has 6 aromatic carbocycles. The third kappa shape index (κ3) is 4.15. The van der Waals surface area contributed by atoms with Gasteiger partial charge in [-0.15, -0.1) is 0 Å². The molecule has 0 heterocycles. The van der Waals surface area contributed by atoms with Crippen LogP contribution in [0.5, 0.6) is 0 Å². The van der Waals surface area contributed by atoms with Crippen molar-refractivity contribution in [1.29, 1.82) is 0 Å². The molecule has 6 aromatic rings. The molecule has 37 heavy (non-hydrogen) atoms. The number of carbonyl (C=O) groups excluding carboxylic acids is 2. The minimum absolute atomic E-state index is 0.179. The lowest BCUT2D eigenvalue weighted by Gasteiger charge is -2.24. The topological polar surface area (TPSA) is 37.4 Å². The van der Waals surface area contributed by atoms with Gasteiger partial charge in [0.25, 0.3) is 11.8 Å². The van der Waals surface area contributed by atoms with Crippen LogP contribution in [-0.2, 0) is 6.54 Å². The Morgan fingerprint density at radius 2 is 1.11 bits per heavy atom. The molecule has 0 aliphatic carbocycles. The van der Waals surface area contributed by atoms with Gasteiger partial charge in [-0.3, -0.25) is 14.5 Å². The molecule has 0 bridgehead atoms. The fraction of sp³-hybridized carbons (Fsp3) is 0.0588. The van der Waals surface area contributed by atoms with E-state index in [1.807, 2.05) is 116 Å². The van der Waals surface area contributed by atoms with E-state index < -0.39 is 0 Å². The van der Waals surface area contributed by atoms with Crippen LogP contribution in [0.2, 0.25) is 0 Å². The quantitative estimate of drug-likeness (QED) is 0.190. The largest absolute Gasteiger partial charge is 0.270 e. The summed E-state index contributed by atoms with van der Waals surface area (Å²) >= 11 is 0. The Morgan fingerprint density at radius 3 is 1.76 bits per heavy atom. The van der Waals surface area contributed by atoms with Crippen LogP contribution >= 0.6 is 0 Å². The van der Waals surface area contributed by atoms with Gasteiger partial charge in [-0.2, -0.15) is 0 Å². The monoisotopic (exact) mass is 479 g/mol. The van der Waals surface area contributed by atoms with Crippen molar-refractivity contribution < 1.29 is 9.59 Å². The van der Waals surface area contributed by atoms with Crippen molar-refractivity contribution >= 4 is 44.1 Å². The summed E-state index contributed by atoms with van der Waals surface area (Å²) in [7, 11) is 0. The van der Waals surface area contributed by atoms with Crippen LogP contribution in [-0.4, -0.2) is 16.7 Å². The fourth-order valence-electron chi connectivity index (χ4n) is 5.05. The molecule has 0 aliphatic heterocycles. The normalized spacial score (nSPS) is 11.2. The van der Waals surface area contributed by atoms with Crippen molar-refractivity contribution in [2.24, 2.45) is 0 Å². The Morgan fingerprint density at radius 1 is 0.568 bits per heavy atom. The fourth-order valence-corrected chi connectivity index (χ4v) is 5.05. The molecule has 6 rings (SSSR count). The van der Waals surface area contributed by atoms with Gasteiger partial charge in [0.15, 0.2) is 0 Å². The Balaban J connectivity index is 1.56. The Hall–Kier alpha value is -4.76. The van der Waals surface area contributed by atoms with Gasteiger partial charge in [0.1, 0.15) is 0 Å². The predicted octanol–water partition coefficient (Wildman–Crippen LogP) is 7.94. The minimum Gasteiger partial charge on any atom is -0.270 e. The van der Waals surface area contributed by atoms with E-state index in [-0.39, 0.29) is 18.4 Å². The van der Waals surface area contributed by atoms with Crippen LogP contribution in [0.25, 0.3) is 32.3 Å². The number of amides is 2. The number of nitrogens with zero attached hydrogens (tertiary/aromatic N) is 1. The lowest BCUT2D eigenvalue weighted by Crippen LogP contribution is -2.36. The number of carbonyl (C=O) groups is 2. The van der Waals surface area contributed by atoms with Crippen molar-refractivity contribution in [3.05, 3.63) is 144 Å². The zero-order valence-corrected chi connectivity index (χ0v) is 20.5. The van der Waals surface area contributed by atoms with Crippen LogP contribution < -0.4 is 0 Å². The highest BCUT2D eigenvalue weighted by Crippen LogP contribution is 2.31. The third-order valence-electron chi connectivity index (χ3n) is 6.96. The van der Waals surface area contributed by atoms with Gasteiger partial charge < -0.3 is 0 Å². The number of aryl methyl sites for hydroxylation is 1. The minimum atomic E-state index is -0.306. The summed E-state index contributed by atoms with van der Waals surface area (Å²) < 4.78 is 0. The SMILES string of the molecule is Cc1ccc(CN(C(=O)c2cccc3ccccc23)C(=O)c2c3ccccc3cc3ccccc23)cc1. The van der Waals surface area contributed by atoms with E-state index in [1.54, 1.807) is 6.07 Å². The zero-order chi connectivity index (χ0) is 25.4. The molecule has 178 valence electrons. The van der Waals surface area contributed by atoms with E-state index in [0.717, 1.165) is 43.4 Å². The van der Waals surface area contributed by atoms with Crippen LogP contribution in [0.15, 0.2) is 121 Å². The molecule has 0 radical (unpaired) electrons. The number of rotatable bonds is 4. The molecule has 0 saturated heterocycles. The summed E-state index contributed by atoms with van der Waals surface area (Å²) in [4.78, 5) is 30.1. The van der Waals surface area contributed by atoms with Gasteiger partial charge in [-0.25, -0.2) is 0 Å². The van der Waals surface area contributed by atoms with Gasteiger partial charge in [0.2, 0.25) is 0 Å². The Bertz CT molecular complexity index is 1740. The van der Waals surface area contributed by atoms with Gasteiger partial charge in [0.05, 0.1) is 12.1 Å². The summed E-state index contributed by atoms with van der Waals surface area (Å²) in [5, 5.41) is 5.41. The summed E-state index contributed by atoms with van der Waals surface area (Å²) in [6, 6.07) is 39.3. The lowest BCUT2D eigenvalue weighted by molar-refractivity contribution is 0.0607.